The SMILES string of the molecule is CCCCCCCCCCCCCCCCC(C)C(=O)OCC(COC(=O)CCCCC)OC(=O)CCCCC. The van der Waals surface area contributed by atoms with Crippen molar-refractivity contribution in [2.45, 2.75) is 181 Å². The van der Waals surface area contributed by atoms with Gasteiger partial charge in [0, 0.05) is 12.8 Å². The summed E-state index contributed by atoms with van der Waals surface area (Å²) in [5.74, 6) is -1.13. The highest BCUT2D eigenvalue weighted by Crippen LogP contribution is 2.16. The molecule has 0 aliphatic carbocycles. The number of ether oxygens (including phenoxy) is 3. The van der Waals surface area contributed by atoms with Crippen molar-refractivity contribution in [2.75, 3.05) is 13.2 Å². The number of rotatable bonds is 29. The van der Waals surface area contributed by atoms with Gasteiger partial charge in [0.2, 0.25) is 0 Å². The molecule has 2 atom stereocenters. The molecule has 0 aliphatic heterocycles. The van der Waals surface area contributed by atoms with E-state index in [0.717, 1.165) is 57.8 Å². The Labute approximate surface area is 247 Å². The summed E-state index contributed by atoms with van der Waals surface area (Å²) >= 11 is 0. The quantitative estimate of drug-likeness (QED) is 0.0508. The molecule has 0 aromatic rings. The maximum absolute atomic E-state index is 12.6. The van der Waals surface area contributed by atoms with Crippen LogP contribution in [0.5, 0.6) is 0 Å². The van der Waals surface area contributed by atoms with E-state index in [2.05, 4.69) is 20.8 Å². The van der Waals surface area contributed by atoms with Gasteiger partial charge in [-0.25, -0.2) is 0 Å². The van der Waals surface area contributed by atoms with E-state index in [4.69, 9.17) is 14.2 Å². The van der Waals surface area contributed by atoms with Gasteiger partial charge in [0.15, 0.2) is 6.10 Å². The maximum atomic E-state index is 12.6. The molecule has 0 fully saturated rings. The van der Waals surface area contributed by atoms with Crippen LogP contribution in [0.15, 0.2) is 0 Å². The molecule has 6 nitrogen and oxygen atoms in total. The summed E-state index contributed by atoms with van der Waals surface area (Å²) in [7, 11) is 0. The molecule has 0 aromatic carbocycles. The van der Waals surface area contributed by atoms with Crippen molar-refractivity contribution in [3.05, 3.63) is 0 Å². The lowest BCUT2D eigenvalue weighted by molar-refractivity contribution is -0.168. The predicted octanol–water partition coefficient (Wildman–Crippen LogP) is 9.65. The summed E-state index contributed by atoms with van der Waals surface area (Å²) in [6, 6.07) is 0. The molecule has 0 radical (unpaired) electrons. The second-order valence-electron chi connectivity index (χ2n) is 11.6. The van der Waals surface area contributed by atoms with Crippen LogP contribution in [-0.2, 0) is 28.6 Å². The van der Waals surface area contributed by atoms with Crippen LogP contribution in [0.1, 0.15) is 175 Å². The minimum absolute atomic E-state index is 0.0783. The normalized spacial score (nSPS) is 12.6. The van der Waals surface area contributed by atoms with Gasteiger partial charge in [-0.3, -0.25) is 14.4 Å². The smallest absolute Gasteiger partial charge is 0.308 e. The molecular formula is C34H64O6. The summed E-state index contributed by atoms with van der Waals surface area (Å²) in [6.07, 6.45) is 24.6. The molecule has 0 rings (SSSR count). The lowest BCUT2D eigenvalue weighted by Gasteiger charge is -2.19. The number of hydrogen-bond donors (Lipinski definition) is 0. The first-order valence-electron chi connectivity index (χ1n) is 17.0. The third-order valence-corrected chi connectivity index (χ3v) is 7.50. The number of carbonyl (C=O) groups is 3. The molecule has 2 unspecified atom stereocenters. The Hall–Kier alpha value is -1.59. The van der Waals surface area contributed by atoms with E-state index in [1.165, 1.54) is 77.0 Å². The zero-order valence-corrected chi connectivity index (χ0v) is 26.8. The van der Waals surface area contributed by atoms with E-state index in [9.17, 15) is 14.4 Å². The monoisotopic (exact) mass is 568 g/mol. The fourth-order valence-corrected chi connectivity index (χ4v) is 4.74. The van der Waals surface area contributed by atoms with Crippen LogP contribution in [0.2, 0.25) is 0 Å². The average Bonchev–Trinajstić information content (AvgIpc) is 2.94. The van der Waals surface area contributed by atoms with Crippen molar-refractivity contribution in [1.82, 2.24) is 0 Å². The molecule has 0 aromatic heterocycles. The van der Waals surface area contributed by atoms with Gasteiger partial charge in [-0.05, 0) is 19.3 Å². The minimum Gasteiger partial charge on any atom is -0.462 e. The van der Waals surface area contributed by atoms with Crippen LogP contribution in [0.3, 0.4) is 0 Å². The van der Waals surface area contributed by atoms with Gasteiger partial charge in [-0.2, -0.15) is 0 Å². The van der Waals surface area contributed by atoms with Crippen LogP contribution >= 0.6 is 0 Å². The number of esters is 3. The molecule has 0 amide bonds. The molecule has 6 heteroatoms. The van der Waals surface area contributed by atoms with Crippen LogP contribution in [-0.4, -0.2) is 37.2 Å². The first kappa shape index (κ1) is 38.4. The molecule has 236 valence electrons. The highest BCUT2D eigenvalue weighted by atomic mass is 16.6. The molecule has 0 N–H and O–H groups in total. The first-order chi connectivity index (χ1) is 19.4. The highest BCUT2D eigenvalue weighted by molar-refractivity contribution is 5.72. The second kappa shape index (κ2) is 28.9. The standard InChI is InChI=1S/C34H64O6/c1-5-8-11-12-13-14-15-16-17-18-19-20-21-24-25-30(4)34(37)39-29-31(40-33(36)27-23-10-7-3)28-38-32(35)26-22-9-6-2/h30-31H,5-29H2,1-4H3. The Morgan fingerprint density at radius 1 is 0.500 bits per heavy atom. The number of hydrogen-bond acceptors (Lipinski definition) is 6. The van der Waals surface area contributed by atoms with Crippen molar-refractivity contribution < 1.29 is 28.6 Å². The summed E-state index contributed by atoms with van der Waals surface area (Å²) < 4.78 is 16.3. The number of unbranched alkanes of at least 4 members (excludes halogenated alkanes) is 17. The molecule has 0 bridgehead atoms. The maximum Gasteiger partial charge on any atom is 0.308 e. The van der Waals surface area contributed by atoms with Gasteiger partial charge >= 0.3 is 17.9 Å². The Bertz CT molecular complexity index is 605. The average molecular weight is 569 g/mol. The van der Waals surface area contributed by atoms with E-state index < -0.39 is 6.10 Å². The van der Waals surface area contributed by atoms with E-state index in [-0.39, 0.29) is 37.0 Å². The van der Waals surface area contributed by atoms with Crippen molar-refractivity contribution in [2.24, 2.45) is 5.92 Å². The summed E-state index contributed by atoms with van der Waals surface area (Å²) in [5, 5.41) is 0. The molecule has 40 heavy (non-hydrogen) atoms. The van der Waals surface area contributed by atoms with Crippen molar-refractivity contribution in [1.29, 1.82) is 0 Å². The van der Waals surface area contributed by atoms with Gasteiger partial charge in [0.05, 0.1) is 5.92 Å². The molecule has 0 spiro atoms. The molecule has 0 heterocycles. The van der Waals surface area contributed by atoms with E-state index in [0.29, 0.717) is 12.8 Å². The van der Waals surface area contributed by atoms with Gasteiger partial charge < -0.3 is 14.2 Å². The van der Waals surface area contributed by atoms with Gasteiger partial charge in [0.25, 0.3) is 0 Å². The first-order valence-corrected chi connectivity index (χ1v) is 17.0. The highest BCUT2D eigenvalue weighted by Gasteiger charge is 2.21. The van der Waals surface area contributed by atoms with Crippen LogP contribution in [0.25, 0.3) is 0 Å². The molecule has 0 saturated heterocycles. The van der Waals surface area contributed by atoms with Crippen molar-refractivity contribution in [3.63, 3.8) is 0 Å². The lowest BCUT2D eigenvalue weighted by Crippen LogP contribution is -2.31. The van der Waals surface area contributed by atoms with E-state index >= 15 is 0 Å². The van der Waals surface area contributed by atoms with Crippen molar-refractivity contribution >= 4 is 17.9 Å². The van der Waals surface area contributed by atoms with Crippen LogP contribution in [0.4, 0.5) is 0 Å². The molecule has 0 aliphatic rings. The molecular weight excluding hydrogens is 504 g/mol. The minimum atomic E-state index is -0.763. The fourth-order valence-electron chi connectivity index (χ4n) is 4.74. The largest absolute Gasteiger partial charge is 0.462 e. The van der Waals surface area contributed by atoms with Gasteiger partial charge in [-0.1, -0.05) is 143 Å². The zero-order valence-electron chi connectivity index (χ0n) is 26.8. The predicted molar refractivity (Wildman–Crippen MR) is 164 cm³/mol. The van der Waals surface area contributed by atoms with Gasteiger partial charge in [-0.15, -0.1) is 0 Å². The van der Waals surface area contributed by atoms with Gasteiger partial charge in [0.1, 0.15) is 13.2 Å². The fraction of sp³-hybridized carbons (Fsp3) is 0.912. The second-order valence-corrected chi connectivity index (χ2v) is 11.6. The Balaban J connectivity index is 4.11. The summed E-state index contributed by atoms with van der Waals surface area (Å²) in [5.41, 5.74) is 0. The Morgan fingerprint density at radius 3 is 1.40 bits per heavy atom. The Kier molecular flexibility index (Phi) is 27.8. The Morgan fingerprint density at radius 2 is 0.900 bits per heavy atom. The van der Waals surface area contributed by atoms with Crippen LogP contribution in [0, 0.1) is 5.92 Å². The summed E-state index contributed by atoms with van der Waals surface area (Å²) in [6.45, 7) is 8.15. The third kappa shape index (κ3) is 25.4. The van der Waals surface area contributed by atoms with E-state index in [1.807, 2.05) is 6.92 Å². The topological polar surface area (TPSA) is 78.9 Å². The van der Waals surface area contributed by atoms with Crippen molar-refractivity contribution in [3.8, 4) is 0 Å². The van der Waals surface area contributed by atoms with E-state index in [1.54, 1.807) is 0 Å². The molecule has 0 saturated carbocycles. The third-order valence-electron chi connectivity index (χ3n) is 7.50. The lowest BCUT2D eigenvalue weighted by atomic mass is 10.0. The number of carbonyl (C=O) groups excluding carboxylic acids is 3. The van der Waals surface area contributed by atoms with Crippen LogP contribution < -0.4 is 0 Å². The zero-order chi connectivity index (χ0) is 29.7. The summed E-state index contributed by atoms with van der Waals surface area (Å²) in [4.78, 5) is 36.8.